The van der Waals surface area contributed by atoms with Gasteiger partial charge in [0.1, 0.15) is 17.1 Å². The molecule has 108 valence electrons. The lowest BCUT2D eigenvalue weighted by Crippen LogP contribution is -2.36. The molecule has 0 spiro atoms. The van der Waals surface area contributed by atoms with E-state index in [2.05, 4.69) is 33.8 Å². The molecule has 2 nitrogen and oxygen atoms in total. The van der Waals surface area contributed by atoms with Crippen LogP contribution in [0.1, 0.15) is 58.1 Å². The Morgan fingerprint density at radius 3 is 2.80 bits per heavy atom. The van der Waals surface area contributed by atoms with Crippen molar-refractivity contribution in [1.82, 2.24) is 0 Å². The van der Waals surface area contributed by atoms with Gasteiger partial charge in [-0.15, -0.1) is 0 Å². The summed E-state index contributed by atoms with van der Waals surface area (Å²) in [7, 11) is 0. The van der Waals surface area contributed by atoms with E-state index in [1.165, 1.54) is 23.1 Å². The number of phenolic OH excluding ortho intramolecular Hbond substituents is 1. The van der Waals surface area contributed by atoms with Crippen LogP contribution in [-0.4, -0.2) is 10.7 Å². The third-order valence-corrected chi connectivity index (χ3v) is 4.78. The molecule has 1 atom stereocenters. The van der Waals surface area contributed by atoms with Crippen LogP contribution in [0.5, 0.6) is 11.5 Å². The van der Waals surface area contributed by atoms with Gasteiger partial charge in [0.15, 0.2) is 0 Å². The number of allylic oxidation sites excluding steroid dienone is 1. The van der Waals surface area contributed by atoms with Gasteiger partial charge in [0, 0.05) is 11.6 Å². The summed E-state index contributed by atoms with van der Waals surface area (Å²) in [6.07, 6.45) is 4.36. The molecule has 1 aliphatic carbocycles. The van der Waals surface area contributed by atoms with E-state index in [1.54, 1.807) is 6.07 Å². The van der Waals surface area contributed by atoms with Gasteiger partial charge in [-0.2, -0.15) is 0 Å². The van der Waals surface area contributed by atoms with Crippen molar-refractivity contribution in [2.24, 2.45) is 5.92 Å². The van der Waals surface area contributed by atoms with Gasteiger partial charge in [0.2, 0.25) is 0 Å². The summed E-state index contributed by atoms with van der Waals surface area (Å²) in [6, 6.07) is 3.94. The molecule has 20 heavy (non-hydrogen) atoms. The lowest BCUT2D eigenvalue weighted by atomic mass is 9.74. The van der Waals surface area contributed by atoms with Crippen molar-refractivity contribution in [2.45, 2.75) is 59.0 Å². The maximum absolute atomic E-state index is 10.1. The largest absolute Gasteiger partial charge is 0.508 e. The maximum Gasteiger partial charge on any atom is 0.131 e. The summed E-state index contributed by atoms with van der Waals surface area (Å²) in [5, 5.41) is 10.1. The maximum atomic E-state index is 10.1. The molecule has 1 aliphatic heterocycles. The number of ether oxygens (including phenoxy) is 1. The van der Waals surface area contributed by atoms with Crippen LogP contribution in [0.4, 0.5) is 0 Å². The van der Waals surface area contributed by atoms with Crippen molar-refractivity contribution < 1.29 is 9.84 Å². The van der Waals surface area contributed by atoms with Crippen molar-refractivity contribution in [1.29, 1.82) is 0 Å². The molecule has 0 radical (unpaired) electrons. The van der Waals surface area contributed by atoms with Gasteiger partial charge in [-0.1, -0.05) is 13.8 Å². The SMILES string of the molecule is CCc1cc2c(cc1O)OC(C)(C)C1=C2C[C@H](C)CC1. The minimum Gasteiger partial charge on any atom is -0.508 e. The van der Waals surface area contributed by atoms with Gasteiger partial charge < -0.3 is 9.84 Å². The fourth-order valence-electron chi connectivity index (χ4n) is 3.61. The second-order valence-corrected chi connectivity index (χ2v) is 6.75. The summed E-state index contributed by atoms with van der Waals surface area (Å²) < 4.78 is 6.19. The van der Waals surface area contributed by atoms with Crippen LogP contribution in [0.25, 0.3) is 5.57 Å². The molecule has 1 heterocycles. The Morgan fingerprint density at radius 2 is 2.10 bits per heavy atom. The fourth-order valence-corrected chi connectivity index (χ4v) is 3.61. The first-order chi connectivity index (χ1) is 9.42. The number of rotatable bonds is 1. The van der Waals surface area contributed by atoms with Gasteiger partial charge in [-0.05, 0) is 68.2 Å². The third kappa shape index (κ3) is 2.02. The molecule has 0 fully saturated rings. The molecule has 1 aromatic carbocycles. The smallest absolute Gasteiger partial charge is 0.131 e. The highest BCUT2D eigenvalue weighted by Crippen LogP contribution is 2.49. The molecule has 3 rings (SSSR count). The van der Waals surface area contributed by atoms with E-state index in [4.69, 9.17) is 4.74 Å². The zero-order valence-corrected chi connectivity index (χ0v) is 12.9. The third-order valence-electron chi connectivity index (χ3n) is 4.78. The summed E-state index contributed by atoms with van der Waals surface area (Å²) in [5.74, 6) is 1.93. The molecule has 0 saturated carbocycles. The monoisotopic (exact) mass is 272 g/mol. The molecule has 0 aromatic heterocycles. The molecule has 1 aromatic rings. The summed E-state index contributed by atoms with van der Waals surface area (Å²) >= 11 is 0. The molecule has 0 amide bonds. The second kappa shape index (κ2) is 4.54. The summed E-state index contributed by atoms with van der Waals surface area (Å²) in [5.41, 5.74) is 4.89. The summed E-state index contributed by atoms with van der Waals surface area (Å²) in [6.45, 7) is 8.69. The highest BCUT2D eigenvalue weighted by atomic mass is 16.5. The van der Waals surface area contributed by atoms with Crippen LogP contribution in [0, 0.1) is 5.92 Å². The molecule has 2 heteroatoms. The standard InChI is InChI=1S/C18H24O2/c1-5-12-9-14-13-8-11(2)6-7-15(13)18(3,4)20-17(14)10-16(12)19/h9-11,19H,5-8H2,1-4H3/t11-/m1/s1. The number of fused-ring (bicyclic) bond motifs is 2. The number of benzene rings is 1. The van der Waals surface area contributed by atoms with Crippen LogP contribution in [0.15, 0.2) is 17.7 Å². The van der Waals surface area contributed by atoms with Crippen molar-refractivity contribution in [3.63, 3.8) is 0 Å². The first-order valence-corrected chi connectivity index (χ1v) is 7.70. The molecular formula is C18H24O2. The number of hydrogen-bond donors (Lipinski definition) is 1. The van der Waals surface area contributed by atoms with Crippen LogP contribution in [0.2, 0.25) is 0 Å². The predicted octanol–water partition coefficient (Wildman–Crippen LogP) is 4.70. The van der Waals surface area contributed by atoms with Crippen LogP contribution >= 0.6 is 0 Å². The minimum atomic E-state index is -0.247. The predicted molar refractivity (Wildman–Crippen MR) is 82.1 cm³/mol. The zero-order valence-electron chi connectivity index (χ0n) is 12.9. The lowest BCUT2D eigenvalue weighted by Gasteiger charge is -2.41. The number of hydrogen-bond acceptors (Lipinski definition) is 2. The second-order valence-electron chi connectivity index (χ2n) is 6.75. The highest BCUT2D eigenvalue weighted by Gasteiger charge is 2.37. The molecule has 1 N–H and O–H groups in total. The van der Waals surface area contributed by atoms with Crippen molar-refractivity contribution in [2.75, 3.05) is 0 Å². The Balaban J connectivity index is 2.20. The topological polar surface area (TPSA) is 29.5 Å². The van der Waals surface area contributed by atoms with E-state index >= 15 is 0 Å². The molecule has 0 bridgehead atoms. The van der Waals surface area contributed by atoms with Gasteiger partial charge in [-0.3, -0.25) is 0 Å². The van der Waals surface area contributed by atoms with Crippen LogP contribution in [-0.2, 0) is 6.42 Å². The first-order valence-electron chi connectivity index (χ1n) is 7.70. The Bertz CT molecular complexity index is 581. The number of aromatic hydroxyl groups is 1. The summed E-state index contributed by atoms with van der Waals surface area (Å²) in [4.78, 5) is 0. The zero-order chi connectivity index (χ0) is 14.5. The number of phenols is 1. The van der Waals surface area contributed by atoms with E-state index in [-0.39, 0.29) is 5.60 Å². The van der Waals surface area contributed by atoms with Crippen molar-refractivity contribution in [3.05, 3.63) is 28.8 Å². The Kier molecular flexibility index (Phi) is 3.07. The normalized spacial score (nSPS) is 23.9. The lowest BCUT2D eigenvalue weighted by molar-refractivity contribution is 0.135. The highest BCUT2D eigenvalue weighted by molar-refractivity contribution is 5.78. The molecule has 0 saturated heterocycles. The van der Waals surface area contributed by atoms with Crippen LogP contribution < -0.4 is 4.74 Å². The van der Waals surface area contributed by atoms with E-state index in [1.807, 2.05) is 0 Å². The Hall–Kier alpha value is -1.44. The van der Waals surface area contributed by atoms with Gasteiger partial charge >= 0.3 is 0 Å². The minimum absolute atomic E-state index is 0.247. The van der Waals surface area contributed by atoms with Crippen molar-refractivity contribution in [3.8, 4) is 11.5 Å². The van der Waals surface area contributed by atoms with E-state index in [0.717, 1.165) is 36.5 Å². The molecule has 2 aliphatic rings. The van der Waals surface area contributed by atoms with E-state index < -0.39 is 0 Å². The first kappa shape index (κ1) is 13.5. The van der Waals surface area contributed by atoms with Crippen LogP contribution in [0.3, 0.4) is 0 Å². The number of aryl methyl sites for hydroxylation is 1. The van der Waals surface area contributed by atoms with E-state index in [9.17, 15) is 5.11 Å². The average Bonchev–Trinajstić information content (AvgIpc) is 2.37. The Labute approximate surface area is 121 Å². The molecular weight excluding hydrogens is 248 g/mol. The van der Waals surface area contributed by atoms with Gasteiger partial charge in [-0.25, -0.2) is 0 Å². The quantitative estimate of drug-likeness (QED) is 0.803. The average molecular weight is 272 g/mol. The molecule has 0 unspecified atom stereocenters. The van der Waals surface area contributed by atoms with E-state index in [0.29, 0.717) is 5.75 Å². The van der Waals surface area contributed by atoms with Gasteiger partial charge in [0.25, 0.3) is 0 Å². The Morgan fingerprint density at radius 1 is 1.35 bits per heavy atom. The fraction of sp³-hybridized carbons (Fsp3) is 0.556. The van der Waals surface area contributed by atoms with Gasteiger partial charge in [0.05, 0.1) is 0 Å². The van der Waals surface area contributed by atoms with Crippen molar-refractivity contribution >= 4 is 5.57 Å².